The van der Waals surface area contributed by atoms with E-state index in [4.69, 9.17) is 0 Å². The fourth-order valence-electron chi connectivity index (χ4n) is 5.42. The number of methoxy groups -OCH3 is 1. The number of fused-ring (bicyclic) bond motifs is 5. The van der Waals surface area contributed by atoms with Crippen LogP contribution >= 0.6 is 0 Å². The number of Topliss-reactive ketones (excluding diaryl/α,β-unsaturated/α-hetero) is 1. The number of allylic oxidation sites excluding steroid dienone is 3. The summed E-state index contributed by atoms with van der Waals surface area (Å²) in [6, 6.07) is 0. The third-order valence-corrected chi connectivity index (χ3v) is 6.71. The van der Waals surface area contributed by atoms with E-state index in [9.17, 15) is 14.7 Å². The SMILES string of the molecule is CCC#C/C=C1/C(=O)C2C([C@@H]3C=C[C@H]2C3)C1(O)CCCCCCCC(=O)OC. The molecule has 0 aliphatic heterocycles. The Morgan fingerprint density at radius 1 is 1.25 bits per heavy atom. The third kappa shape index (κ3) is 3.96. The first-order valence-electron chi connectivity index (χ1n) is 10.7. The number of rotatable bonds is 8. The van der Waals surface area contributed by atoms with Crippen molar-refractivity contribution in [3.63, 3.8) is 0 Å². The Bertz CT molecular complexity index is 723. The van der Waals surface area contributed by atoms with Crippen LogP contribution in [0.4, 0.5) is 0 Å². The zero-order valence-electron chi connectivity index (χ0n) is 17.1. The summed E-state index contributed by atoms with van der Waals surface area (Å²) in [7, 11) is 1.42. The Morgan fingerprint density at radius 3 is 2.71 bits per heavy atom. The van der Waals surface area contributed by atoms with Gasteiger partial charge in [0.1, 0.15) is 0 Å². The zero-order chi connectivity index (χ0) is 20.1. The van der Waals surface area contributed by atoms with Crippen molar-refractivity contribution in [2.45, 2.75) is 70.3 Å². The van der Waals surface area contributed by atoms with Crippen LogP contribution in [0.5, 0.6) is 0 Å². The van der Waals surface area contributed by atoms with Crippen molar-refractivity contribution in [1.82, 2.24) is 0 Å². The monoisotopic (exact) mass is 384 g/mol. The van der Waals surface area contributed by atoms with Gasteiger partial charge in [0.25, 0.3) is 0 Å². The zero-order valence-corrected chi connectivity index (χ0v) is 17.1. The Balaban J connectivity index is 1.61. The maximum absolute atomic E-state index is 13.1. The van der Waals surface area contributed by atoms with Crippen LogP contribution in [0, 0.1) is 35.5 Å². The van der Waals surface area contributed by atoms with E-state index in [2.05, 4.69) is 28.7 Å². The van der Waals surface area contributed by atoms with E-state index in [1.807, 2.05) is 6.92 Å². The Kier molecular flexibility index (Phi) is 6.78. The lowest BCUT2D eigenvalue weighted by molar-refractivity contribution is -0.140. The molecule has 2 fully saturated rings. The van der Waals surface area contributed by atoms with Gasteiger partial charge in [-0.2, -0.15) is 0 Å². The largest absolute Gasteiger partial charge is 0.469 e. The molecule has 0 radical (unpaired) electrons. The quantitative estimate of drug-likeness (QED) is 0.226. The van der Waals surface area contributed by atoms with Crippen molar-refractivity contribution in [3.8, 4) is 11.8 Å². The number of ether oxygens (including phenoxy) is 1. The lowest BCUT2D eigenvalue weighted by atomic mass is 9.75. The van der Waals surface area contributed by atoms with Crippen LogP contribution in [0.1, 0.15) is 64.7 Å². The number of carbonyl (C=O) groups is 2. The number of unbranched alkanes of at least 4 members (excludes halogenated alkanes) is 4. The molecule has 0 aromatic carbocycles. The highest BCUT2D eigenvalue weighted by Crippen LogP contribution is 2.60. The van der Waals surface area contributed by atoms with Gasteiger partial charge in [0.05, 0.1) is 12.7 Å². The molecule has 3 aliphatic rings. The van der Waals surface area contributed by atoms with Gasteiger partial charge in [0.2, 0.25) is 0 Å². The predicted octanol–water partition coefficient (Wildman–Crippen LogP) is 3.98. The van der Waals surface area contributed by atoms with Crippen molar-refractivity contribution >= 4 is 11.8 Å². The molecule has 4 nitrogen and oxygen atoms in total. The lowest BCUT2D eigenvalue weighted by Gasteiger charge is -2.34. The van der Waals surface area contributed by atoms with Gasteiger partial charge in [-0.15, -0.1) is 0 Å². The Labute approximate surface area is 168 Å². The molecule has 2 bridgehead atoms. The third-order valence-electron chi connectivity index (χ3n) is 6.71. The molecule has 4 heteroatoms. The van der Waals surface area contributed by atoms with Crippen LogP contribution in [0.15, 0.2) is 23.8 Å². The van der Waals surface area contributed by atoms with E-state index in [1.54, 1.807) is 6.08 Å². The highest BCUT2D eigenvalue weighted by atomic mass is 16.5. The highest BCUT2D eigenvalue weighted by molar-refractivity contribution is 6.03. The van der Waals surface area contributed by atoms with Gasteiger partial charge in [0.15, 0.2) is 5.78 Å². The summed E-state index contributed by atoms with van der Waals surface area (Å²) in [5.41, 5.74) is -0.493. The summed E-state index contributed by atoms with van der Waals surface area (Å²) < 4.78 is 4.66. The second-order valence-corrected chi connectivity index (χ2v) is 8.36. The van der Waals surface area contributed by atoms with E-state index in [-0.39, 0.29) is 29.5 Å². The van der Waals surface area contributed by atoms with Crippen LogP contribution < -0.4 is 0 Å². The number of esters is 1. The van der Waals surface area contributed by atoms with E-state index in [1.165, 1.54) is 7.11 Å². The standard InChI is InChI=1S/C24H32O4/c1-3-4-8-11-19-23(26)21-17-13-14-18(16-17)22(21)24(19,27)15-10-7-5-6-9-12-20(25)28-2/h11,13-14,17-18,21-22,27H,3,5-7,9-10,12,15-16H2,1-2H3/b19-11-/t17-,18+,21?,22?,24?/m0/s1. The maximum Gasteiger partial charge on any atom is 0.305 e. The molecule has 28 heavy (non-hydrogen) atoms. The minimum absolute atomic E-state index is 0.0176. The number of hydrogen-bond acceptors (Lipinski definition) is 4. The topological polar surface area (TPSA) is 63.6 Å². The minimum Gasteiger partial charge on any atom is -0.469 e. The fourth-order valence-corrected chi connectivity index (χ4v) is 5.42. The Hall–Kier alpha value is -1.86. The van der Waals surface area contributed by atoms with Crippen molar-refractivity contribution in [1.29, 1.82) is 0 Å². The summed E-state index contributed by atoms with van der Waals surface area (Å²) in [6.45, 7) is 1.98. The normalized spacial score (nSPS) is 33.8. The number of hydrogen-bond donors (Lipinski definition) is 1. The first-order chi connectivity index (χ1) is 13.5. The Morgan fingerprint density at radius 2 is 1.96 bits per heavy atom. The number of aliphatic hydroxyl groups is 1. The minimum atomic E-state index is -1.04. The molecular weight excluding hydrogens is 352 g/mol. The molecule has 0 amide bonds. The van der Waals surface area contributed by atoms with Crippen LogP contribution in [-0.2, 0) is 14.3 Å². The number of ketones is 1. The van der Waals surface area contributed by atoms with E-state index in [0.717, 1.165) is 44.9 Å². The molecule has 5 atom stereocenters. The van der Waals surface area contributed by atoms with Gasteiger partial charge in [-0.05, 0) is 37.2 Å². The molecule has 0 aromatic heterocycles. The molecule has 3 unspecified atom stereocenters. The molecule has 2 saturated carbocycles. The van der Waals surface area contributed by atoms with Gasteiger partial charge in [-0.3, -0.25) is 9.59 Å². The van der Waals surface area contributed by atoms with E-state index in [0.29, 0.717) is 24.3 Å². The summed E-state index contributed by atoms with van der Waals surface area (Å²) in [4.78, 5) is 24.2. The molecule has 0 saturated heterocycles. The number of carbonyl (C=O) groups excluding carboxylic acids is 2. The summed E-state index contributed by atoms with van der Waals surface area (Å²) in [6.07, 6.45) is 13.6. The van der Waals surface area contributed by atoms with Gasteiger partial charge < -0.3 is 9.84 Å². The second kappa shape index (κ2) is 9.09. The fraction of sp³-hybridized carbons (Fsp3) is 0.667. The summed E-state index contributed by atoms with van der Waals surface area (Å²) in [5.74, 6) is 6.50. The van der Waals surface area contributed by atoms with E-state index >= 15 is 0 Å². The van der Waals surface area contributed by atoms with Crippen LogP contribution in [-0.4, -0.2) is 29.6 Å². The molecule has 1 N–H and O–H groups in total. The second-order valence-electron chi connectivity index (χ2n) is 8.36. The van der Waals surface area contributed by atoms with Crippen LogP contribution in [0.2, 0.25) is 0 Å². The molecule has 0 aromatic rings. The molecule has 3 rings (SSSR count). The average molecular weight is 385 g/mol. The smallest absolute Gasteiger partial charge is 0.305 e. The van der Waals surface area contributed by atoms with Gasteiger partial charge in [0, 0.05) is 30.3 Å². The molecular formula is C24H32O4. The van der Waals surface area contributed by atoms with Crippen molar-refractivity contribution < 1.29 is 19.4 Å². The van der Waals surface area contributed by atoms with Crippen molar-refractivity contribution in [2.24, 2.45) is 23.7 Å². The van der Waals surface area contributed by atoms with Crippen LogP contribution in [0.25, 0.3) is 0 Å². The predicted molar refractivity (Wildman–Crippen MR) is 108 cm³/mol. The molecule has 0 heterocycles. The van der Waals surface area contributed by atoms with E-state index < -0.39 is 5.60 Å². The van der Waals surface area contributed by atoms with Crippen LogP contribution in [0.3, 0.4) is 0 Å². The highest BCUT2D eigenvalue weighted by Gasteiger charge is 2.64. The van der Waals surface area contributed by atoms with Crippen molar-refractivity contribution in [3.05, 3.63) is 23.8 Å². The van der Waals surface area contributed by atoms with Gasteiger partial charge in [-0.1, -0.05) is 56.6 Å². The maximum atomic E-state index is 13.1. The summed E-state index contributed by atoms with van der Waals surface area (Å²) >= 11 is 0. The first-order valence-corrected chi connectivity index (χ1v) is 10.7. The summed E-state index contributed by atoms with van der Waals surface area (Å²) in [5, 5.41) is 11.7. The van der Waals surface area contributed by atoms with Gasteiger partial charge >= 0.3 is 5.97 Å². The van der Waals surface area contributed by atoms with Gasteiger partial charge in [-0.25, -0.2) is 0 Å². The molecule has 152 valence electrons. The first kappa shape index (κ1) is 20.9. The lowest BCUT2D eigenvalue weighted by Crippen LogP contribution is -2.39. The van der Waals surface area contributed by atoms with Crippen molar-refractivity contribution in [2.75, 3.05) is 7.11 Å². The molecule has 0 spiro atoms. The average Bonchev–Trinajstić information content (AvgIpc) is 3.36. The molecule has 3 aliphatic carbocycles.